The number of carboxylic acids is 1. The van der Waals surface area contributed by atoms with E-state index in [2.05, 4.69) is 15.6 Å². The van der Waals surface area contributed by atoms with E-state index in [1.807, 2.05) is 24.1 Å². The van der Waals surface area contributed by atoms with Crippen LogP contribution in [0.4, 0.5) is 0 Å². The molecule has 1 saturated carbocycles. The lowest BCUT2D eigenvalue weighted by Gasteiger charge is -2.42. The highest BCUT2D eigenvalue weighted by Gasteiger charge is 2.33. The summed E-state index contributed by atoms with van der Waals surface area (Å²) < 4.78 is 1.66. The van der Waals surface area contributed by atoms with Gasteiger partial charge in [0.15, 0.2) is 0 Å². The zero-order valence-electron chi connectivity index (χ0n) is 14.4. The molecular weight excluding hydrogens is 377 g/mol. The molecule has 7 nitrogen and oxygen atoms in total. The van der Waals surface area contributed by atoms with Crippen molar-refractivity contribution >= 4 is 29.2 Å². The molecule has 3 rings (SSSR count). The first-order chi connectivity index (χ1) is 12.5. The van der Waals surface area contributed by atoms with E-state index < -0.39 is 5.97 Å². The molecule has 2 N–H and O–H groups in total. The Kier molecular flexibility index (Phi) is 6.13. The van der Waals surface area contributed by atoms with E-state index in [9.17, 15) is 4.79 Å². The first kappa shape index (κ1) is 19.1. The first-order valence-corrected chi connectivity index (χ1v) is 9.27. The van der Waals surface area contributed by atoms with E-state index in [1.165, 1.54) is 0 Å². The number of carbonyl (C=O) groups is 1. The van der Waals surface area contributed by atoms with Crippen LogP contribution in [0, 0.1) is 0 Å². The minimum atomic E-state index is -0.776. The Morgan fingerprint density at radius 3 is 2.81 bits per heavy atom. The molecule has 0 radical (unpaired) electrons. The number of hydrogen-bond donors (Lipinski definition) is 2. The van der Waals surface area contributed by atoms with Gasteiger partial charge in [-0.25, -0.2) is 4.68 Å². The predicted molar refractivity (Wildman–Crippen MR) is 99.9 cm³/mol. The second-order valence-electron chi connectivity index (χ2n) is 6.41. The van der Waals surface area contributed by atoms with Crippen LogP contribution in [-0.2, 0) is 11.3 Å². The number of carboxylic acid groups (broad SMARTS) is 1. The lowest BCUT2D eigenvalue weighted by Crippen LogP contribution is -2.53. The fourth-order valence-electron chi connectivity index (χ4n) is 3.11. The molecule has 0 saturated heterocycles. The molecule has 1 fully saturated rings. The van der Waals surface area contributed by atoms with E-state index in [0.717, 1.165) is 30.8 Å². The Labute approximate surface area is 161 Å². The molecule has 0 aliphatic heterocycles. The van der Waals surface area contributed by atoms with Gasteiger partial charge in [0.05, 0.1) is 34.2 Å². The molecule has 2 aromatic rings. The molecule has 0 unspecified atom stereocenters. The third-order valence-corrected chi connectivity index (χ3v) is 5.39. The maximum Gasteiger partial charge on any atom is 0.317 e. The molecule has 1 aromatic heterocycles. The second kappa shape index (κ2) is 8.35. The van der Waals surface area contributed by atoms with Gasteiger partial charge in [-0.1, -0.05) is 35.3 Å². The molecule has 1 aromatic carbocycles. The standard InChI is InChI=1S/C17H21Cl2N5O2/c1-2-23(10-17(25)26)14-5-11(6-14)20-8-12-9-24(22-21-12)13-3-4-15(18)16(19)7-13/h3-4,7,9,11,14,20H,2,5-6,8,10H2,1H3,(H,25,26). The van der Waals surface area contributed by atoms with E-state index in [4.69, 9.17) is 28.3 Å². The van der Waals surface area contributed by atoms with Crippen molar-refractivity contribution in [3.05, 3.63) is 40.1 Å². The van der Waals surface area contributed by atoms with Crippen molar-refractivity contribution in [3.63, 3.8) is 0 Å². The lowest BCUT2D eigenvalue weighted by atomic mass is 9.85. The zero-order chi connectivity index (χ0) is 18.7. The number of nitrogens with zero attached hydrogens (tertiary/aromatic N) is 4. The predicted octanol–water partition coefficient (Wildman–Crippen LogP) is 2.60. The summed E-state index contributed by atoms with van der Waals surface area (Å²) in [5.74, 6) is -0.776. The van der Waals surface area contributed by atoms with Gasteiger partial charge in [-0.2, -0.15) is 0 Å². The van der Waals surface area contributed by atoms with Crippen LogP contribution < -0.4 is 5.32 Å². The molecule has 0 bridgehead atoms. The number of likely N-dealkylation sites (N-methyl/N-ethyl adjacent to an activating group) is 1. The van der Waals surface area contributed by atoms with Gasteiger partial charge in [-0.15, -0.1) is 5.10 Å². The summed E-state index contributed by atoms with van der Waals surface area (Å²) in [6.07, 6.45) is 3.75. The van der Waals surface area contributed by atoms with Crippen molar-refractivity contribution in [2.45, 2.75) is 38.4 Å². The molecule has 1 aliphatic rings. The largest absolute Gasteiger partial charge is 0.480 e. The van der Waals surface area contributed by atoms with Gasteiger partial charge in [0.2, 0.25) is 0 Å². The Morgan fingerprint density at radius 2 is 2.15 bits per heavy atom. The Balaban J connectivity index is 1.49. The van der Waals surface area contributed by atoms with Crippen LogP contribution in [0.2, 0.25) is 10.0 Å². The van der Waals surface area contributed by atoms with Gasteiger partial charge >= 0.3 is 5.97 Å². The number of rotatable bonds is 8. The van der Waals surface area contributed by atoms with Crippen LogP contribution in [0.15, 0.2) is 24.4 Å². The molecule has 1 aliphatic carbocycles. The van der Waals surface area contributed by atoms with Gasteiger partial charge < -0.3 is 10.4 Å². The molecule has 140 valence electrons. The number of hydrogen-bond acceptors (Lipinski definition) is 5. The molecule has 0 amide bonds. The maximum atomic E-state index is 10.9. The molecule has 0 spiro atoms. The van der Waals surface area contributed by atoms with Gasteiger partial charge in [-0.3, -0.25) is 9.69 Å². The maximum absolute atomic E-state index is 10.9. The Bertz CT molecular complexity index is 776. The molecular formula is C17H21Cl2N5O2. The third-order valence-electron chi connectivity index (χ3n) is 4.65. The summed E-state index contributed by atoms with van der Waals surface area (Å²) in [4.78, 5) is 12.9. The smallest absolute Gasteiger partial charge is 0.317 e. The van der Waals surface area contributed by atoms with Crippen molar-refractivity contribution in [1.82, 2.24) is 25.2 Å². The number of aromatic nitrogens is 3. The fraction of sp³-hybridized carbons (Fsp3) is 0.471. The minimum absolute atomic E-state index is 0.103. The van der Waals surface area contributed by atoms with Crippen molar-refractivity contribution in [3.8, 4) is 5.69 Å². The summed E-state index contributed by atoms with van der Waals surface area (Å²) in [5, 5.41) is 21.7. The van der Waals surface area contributed by atoms with Crippen LogP contribution in [0.25, 0.3) is 5.69 Å². The van der Waals surface area contributed by atoms with Gasteiger partial charge in [-0.05, 0) is 37.6 Å². The van der Waals surface area contributed by atoms with Crippen molar-refractivity contribution in [2.24, 2.45) is 0 Å². The number of nitrogens with one attached hydrogen (secondary N) is 1. The summed E-state index contributed by atoms with van der Waals surface area (Å²) in [7, 11) is 0. The minimum Gasteiger partial charge on any atom is -0.480 e. The summed E-state index contributed by atoms with van der Waals surface area (Å²) in [6, 6.07) is 6.01. The lowest BCUT2D eigenvalue weighted by molar-refractivity contribution is -0.139. The highest BCUT2D eigenvalue weighted by molar-refractivity contribution is 6.42. The number of benzene rings is 1. The van der Waals surface area contributed by atoms with Gasteiger partial charge in [0, 0.05) is 18.6 Å². The zero-order valence-corrected chi connectivity index (χ0v) is 15.9. The SMILES string of the molecule is CCN(CC(=O)O)C1CC(NCc2cn(-c3ccc(Cl)c(Cl)c3)nn2)C1. The third kappa shape index (κ3) is 4.54. The van der Waals surface area contributed by atoms with Gasteiger partial charge in [0.25, 0.3) is 0 Å². The van der Waals surface area contributed by atoms with E-state index in [0.29, 0.717) is 28.7 Å². The molecule has 1 heterocycles. The monoisotopic (exact) mass is 397 g/mol. The Morgan fingerprint density at radius 1 is 1.38 bits per heavy atom. The molecule has 26 heavy (non-hydrogen) atoms. The average Bonchev–Trinajstić information content (AvgIpc) is 3.03. The summed E-state index contributed by atoms with van der Waals surface area (Å²) in [6.45, 7) is 3.46. The highest BCUT2D eigenvalue weighted by atomic mass is 35.5. The van der Waals surface area contributed by atoms with Crippen LogP contribution >= 0.6 is 23.2 Å². The van der Waals surface area contributed by atoms with Gasteiger partial charge in [0.1, 0.15) is 0 Å². The van der Waals surface area contributed by atoms with E-state index >= 15 is 0 Å². The Hall–Kier alpha value is -1.67. The van der Waals surface area contributed by atoms with Crippen molar-refractivity contribution in [1.29, 1.82) is 0 Å². The first-order valence-electron chi connectivity index (χ1n) is 8.52. The van der Waals surface area contributed by atoms with Crippen molar-refractivity contribution < 1.29 is 9.90 Å². The van der Waals surface area contributed by atoms with Crippen LogP contribution in [0.3, 0.4) is 0 Å². The second-order valence-corrected chi connectivity index (χ2v) is 7.23. The fourth-order valence-corrected chi connectivity index (χ4v) is 3.40. The average molecular weight is 398 g/mol. The topological polar surface area (TPSA) is 83.3 Å². The van der Waals surface area contributed by atoms with Crippen LogP contribution in [0.1, 0.15) is 25.5 Å². The van der Waals surface area contributed by atoms with E-state index in [-0.39, 0.29) is 6.54 Å². The quantitative estimate of drug-likeness (QED) is 0.711. The summed E-state index contributed by atoms with van der Waals surface area (Å²) >= 11 is 12.0. The summed E-state index contributed by atoms with van der Waals surface area (Å²) in [5.41, 5.74) is 1.63. The van der Waals surface area contributed by atoms with Crippen LogP contribution in [-0.4, -0.2) is 56.1 Å². The normalized spacial score (nSPS) is 19.5. The number of halogens is 2. The highest BCUT2D eigenvalue weighted by Crippen LogP contribution is 2.26. The van der Waals surface area contributed by atoms with E-state index in [1.54, 1.807) is 16.8 Å². The van der Waals surface area contributed by atoms with Crippen LogP contribution in [0.5, 0.6) is 0 Å². The molecule has 9 heteroatoms. The molecule has 0 atom stereocenters. The number of aliphatic carboxylic acids is 1. The van der Waals surface area contributed by atoms with Crippen molar-refractivity contribution in [2.75, 3.05) is 13.1 Å².